The number of likely N-dealkylation sites (tertiary alicyclic amines) is 1. The van der Waals surface area contributed by atoms with E-state index in [2.05, 4.69) is 15.5 Å². The van der Waals surface area contributed by atoms with Crippen molar-refractivity contribution in [3.63, 3.8) is 0 Å². The van der Waals surface area contributed by atoms with Gasteiger partial charge in [-0.05, 0) is 18.6 Å². The van der Waals surface area contributed by atoms with Crippen molar-refractivity contribution >= 4 is 23.5 Å². The molecular formula is C11H13N5O3. The standard InChI is InChI=1S/C11H13N5O3/c1-16-9(17)5-3-7(11(16)19)13-8-4-2-6(10(12)18)14-15-8/h2,4,7H,3,5H2,1H3,(H2,12,18)(H,13,15). The molecule has 1 atom stereocenters. The topological polar surface area (TPSA) is 118 Å². The van der Waals surface area contributed by atoms with Gasteiger partial charge in [-0.25, -0.2) is 0 Å². The van der Waals surface area contributed by atoms with Crippen molar-refractivity contribution in [1.82, 2.24) is 15.1 Å². The molecule has 1 aromatic heterocycles. The molecule has 2 heterocycles. The lowest BCUT2D eigenvalue weighted by molar-refractivity contribution is -0.146. The number of nitrogens with zero attached hydrogens (tertiary/aromatic N) is 3. The van der Waals surface area contributed by atoms with Crippen molar-refractivity contribution in [3.05, 3.63) is 17.8 Å². The van der Waals surface area contributed by atoms with Gasteiger partial charge in [0.1, 0.15) is 11.9 Å². The monoisotopic (exact) mass is 263 g/mol. The molecule has 8 heteroatoms. The first-order valence-electron chi connectivity index (χ1n) is 5.69. The number of rotatable bonds is 3. The molecule has 0 bridgehead atoms. The molecule has 8 nitrogen and oxygen atoms in total. The van der Waals surface area contributed by atoms with Crippen LogP contribution in [-0.2, 0) is 9.59 Å². The highest BCUT2D eigenvalue weighted by molar-refractivity contribution is 6.01. The van der Waals surface area contributed by atoms with Crippen molar-refractivity contribution in [2.24, 2.45) is 5.73 Å². The number of nitrogens with two attached hydrogens (primary N) is 1. The van der Waals surface area contributed by atoms with Gasteiger partial charge in [0.15, 0.2) is 5.69 Å². The molecule has 1 fully saturated rings. The maximum Gasteiger partial charge on any atom is 0.269 e. The molecule has 1 unspecified atom stereocenters. The second-order valence-corrected chi connectivity index (χ2v) is 4.19. The van der Waals surface area contributed by atoms with Crippen LogP contribution in [0.25, 0.3) is 0 Å². The fraction of sp³-hybridized carbons (Fsp3) is 0.364. The van der Waals surface area contributed by atoms with E-state index < -0.39 is 11.9 Å². The van der Waals surface area contributed by atoms with Gasteiger partial charge in [0.25, 0.3) is 11.8 Å². The third kappa shape index (κ3) is 2.67. The van der Waals surface area contributed by atoms with E-state index in [0.29, 0.717) is 18.7 Å². The molecule has 3 N–H and O–H groups in total. The number of amides is 3. The molecule has 0 aliphatic carbocycles. The van der Waals surface area contributed by atoms with Crippen LogP contribution < -0.4 is 11.1 Å². The molecule has 3 amide bonds. The Morgan fingerprint density at radius 2 is 2.16 bits per heavy atom. The van der Waals surface area contributed by atoms with Gasteiger partial charge in [-0.15, -0.1) is 10.2 Å². The summed E-state index contributed by atoms with van der Waals surface area (Å²) in [6, 6.07) is 2.41. The Morgan fingerprint density at radius 3 is 2.74 bits per heavy atom. The molecule has 0 aromatic carbocycles. The molecule has 1 aliphatic heterocycles. The SMILES string of the molecule is CN1C(=O)CCC(Nc2ccc(C(N)=O)nn2)C1=O. The number of imide groups is 1. The maximum atomic E-state index is 11.8. The predicted octanol–water partition coefficient (Wildman–Crippen LogP) is -0.865. The van der Waals surface area contributed by atoms with Crippen LogP contribution >= 0.6 is 0 Å². The number of piperidine rings is 1. The third-order valence-electron chi connectivity index (χ3n) is 2.89. The summed E-state index contributed by atoms with van der Waals surface area (Å²) in [5, 5.41) is 10.3. The van der Waals surface area contributed by atoms with E-state index >= 15 is 0 Å². The van der Waals surface area contributed by atoms with Crippen LogP contribution in [0.4, 0.5) is 5.82 Å². The van der Waals surface area contributed by atoms with E-state index in [-0.39, 0.29) is 17.5 Å². The van der Waals surface area contributed by atoms with Crippen LogP contribution in [0.3, 0.4) is 0 Å². The first-order valence-corrected chi connectivity index (χ1v) is 5.69. The summed E-state index contributed by atoms with van der Waals surface area (Å²) in [5.41, 5.74) is 5.09. The summed E-state index contributed by atoms with van der Waals surface area (Å²) >= 11 is 0. The second kappa shape index (κ2) is 5.01. The zero-order chi connectivity index (χ0) is 14.0. The number of primary amides is 1. The number of carbonyl (C=O) groups is 3. The molecular weight excluding hydrogens is 250 g/mol. The summed E-state index contributed by atoms with van der Waals surface area (Å²) in [7, 11) is 1.44. The van der Waals surface area contributed by atoms with Crippen molar-refractivity contribution in [2.45, 2.75) is 18.9 Å². The van der Waals surface area contributed by atoms with Crippen molar-refractivity contribution in [2.75, 3.05) is 12.4 Å². The minimum atomic E-state index is -0.668. The number of hydrogen-bond acceptors (Lipinski definition) is 6. The van der Waals surface area contributed by atoms with Crippen LogP contribution in [0.5, 0.6) is 0 Å². The smallest absolute Gasteiger partial charge is 0.269 e. The minimum Gasteiger partial charge on any atom is -0.364 e. The number of hydrogen-bond donors (Lipinski definition) is 2. The summed E-state index contributed by atoms with van der Waals surface area (Å²) in [6.45, 7) is 0. The zero-order valence-electron chi connectivity index (χ0n) is 10.3. The van der Waals surface area contributed by atoms with Gasteiger partial charge in [0.05, 0.1) is 0 Å². The number of nitrogens with one attached hydrogen (secondary N) is 1. The predicted molar refractivity (Wildman–Crippen MR) is 65.0 cm³/mol. The highest BCUT2D eigenvalue weighted by Crippen LogP contribution is 2.15. The Kier molecular flexibility index (Phi) is 3.41. The highest BCUT2D eigenvalue weighted by Gasteiger charge is 2.31. The summed E-state index contributed by atoms with van der Waals surface area (Å²) < 4.78 is 0. The number of carbonyl (C=O) groups excluding carboxylic acids is 3. The lowest BCUT2D eigenvalue weighted by Crippen LogP contribution is -2.48. The average Bonchev–Trinajstić information content (AvgIpc) is 2.40. The summed E-state index contributed by atoms with van der Waals surface area (Å²) in [4.78, 5) is 35.1. The average molecular weight is 263 g/mol. The van der Waals surface area contributed by atoms with E-state index in [0.717, 1.165) is 4.90 Å². The zero-order valence-corrected chi connectivity index (χ0v) is 10.3. The van der Waals surface area contributed by atoms with Crippen LogP contribution in [0, 0.1) is 0 Å². The molecule has 2 rings (SSSR count). The van der Waals surface area contributed by atoms with Gasteiger partial charge in [-0.3, -0.25) is 19.3 Å². The Bertz CT molecular complexity index is 528. The Labute approximate surface area is 109 Å². The van der Waals surface area contributed by atoms with Crippen LogP contribution in [0.15, 0.2) is 12.1 Å². The number of likely N-dealkylation sites (N-methyl/N-ethyl adjacent to an activating group) is 1. The lowest BCUT2D eigenvalue weighted by atomic mass is 10.0. The second-order valence-electron chi connectivity index (χ2n) is 4.19. The van der Waals surface area contributed by atoms with Gasteiger partial charge in [0.2, 0.25) is 5.91 Å². The van der Waals surface area contributed by atoms with E-state index in [1.165, 1.54) is 19.2 Å². The fourth-order valence-electron chi connectivity index (χ4n) is 1.77. The van der Waals surface area contributed by atoms with Gasteiger partial charge >= 0.3 is 0 Å². The normalized spacial score (nSPS) is 19.4. The van der Waals surface area contributed by atoms with E-state index in [9.17, 15) is 14.4 Å². The summed E-state index contributed by atoms with van der Waals surface area (Å²) in [6.07, 6.45) is 0.702. The van der Waals surface area contributed by atoms with Gasteiger partial charge in [-0.2, -0.15) is 0 Å². The third-order valence-corrected chi connectivity index (χ3v) is 2.89. The van der Waals surface area contributed by atoms with Crippen molar-refractivity contribution in [3.8, 4) is 0 Å². The van der Waals surface area contributed by atoms with Crippen LogP contribution in [0.1, 0.15) is 23.3 Å². The van der Waals surface area contributed by atoms with Crippen LogP contribution in [-0.4, -0.2) is 45.9 Å². The van der Waals surface area contributed by atoms with Crippen LogP contribution in [0.2, 0.25) is 0 Å². The Balaban J connectivity index is 2.07. The first kappa shape index (κ1) is 12.9. The van der Waals surface area contributed by atoms with E-state index in [1.54, 1.807) is 0 Å². The number of aromatic nitrogens is 2. The fourth-order valence-corrected chi connectivity index (χ4v) is 1.77. The maximum absolute atomic E-state index is 11.8. The van der Waals surface area contributed by atoms with Crippen molar-refractivity contribution in [1.29, 1.82) is 0 Å². The molecule has 1 aromatic rings. The molecule has 0 spiro atoms. The largest absolute Gasteiger partial charge is 0.364 e. The highest BCUT2D eigenvalue weighted by atomic mass is 16.2. The van der Waals surface area contributed by atoms with E-state index in [4.69, 9.17) is 5.73 Å². The first-order chi connectivity index (χ1) is 8.99. The molecule has 1 saturated heterocycles. The minimum absolute atomic E-state index is 0.0489. The van der Waals surface area contributed by atoms with Crippen molar-refractivity contribution < 1.29 is 14.4 Å². The summed E-state index contributed by atoms with van der Waals surface area (Å²) in [5.74, 6) is -0.820. The van der Waals surface area contributed by atoms with Gasteiger partial charge in [0, 0.05) is 13.5 Å². The quantitative estimate of drug-likeness (QED) is 0.685. The van der Waals surface area contributed by atoms with Gasteiger partial charge < -0.3 is 11.1 Å². The van der Waals surface area contributed by atoms with E-state index in [1.807, 2.05) is 0 Å². The Hall–Kier alpha value is -2.51. The van der Waals surface area contributed by atoms with Gasteiger partial charge in [-0.1, -0.05) is 0 Å². The molecule has 0 radical (unpaired) electrons. The molecule has 1 aliphatic rings. The molecule has 19 heavy (non-hydrogen) atoms. The lowest BCUT2D eigenvalue weighted by Gasteiger charge is -2.28. The molecule has 0 saturated carbocycles. The number of anilines is 1. The molecule has 100 valence electrons. The Morgan fingerprint density at radius 1 is 1.42 bits per heavy atom.